The zero-order valence-electron chi connectivity index (χ0n) is 25.1. The standard InChI is InChI=1S/C35H34N6O4/c1-40-15-17-41(18-16-40)28-12-10-25(11-13-28)36-22-31-30-14-9-24(20-32(30)39-34(31)43)33(42)23-5-3-6-26(19-23)37-35(44)38-27-7-4-8-29(21-27)45-2/h3-14,19-22,31H,15-18H2,1-2H3,(H,39,43)(H2,37,38,44). The number of nitrogens with one attached hydrogen (secondary N) is 3. The molecule has 10 nitrogen and oxygen atoms in total. The molecular formula is C35H34N6O4. The van der Waals surface area contributed by atoms with Crippen LogP contribution in [-0.4, -0.2) is 69.2 Å². The van der Waals surface area contributed by atoms with Gasteiger partial charge in [0.1, 0.15) is 11.7 Å². The SMILES string of the molecule is COc1cccc(NC(=O)Nc2cccc(C(=O)c3ccc4c(c3)NC(=O)C4C=Nc3ccc(N4CCN(C)CC4)cc3)c2)c1. The first-order chi connectivity index (χ1) is 21.9. The maximum absolute atomic E-state index is 13.4. The first-order valence-corrected chi connectivity index (χ1v) is 14.8. The number of hydrogen-bond donors (Lipinski definition) is 3. The molecule has 3 amide bonds. The van der Waals surface area contributed by atoms with Crippen molar-refractivity contribution in [1.29, 1.82) is 0 Å². The Morgan fingerprint density at radius 1 is 0.867 bits per heavy atom. The fourth-order valence-electron chi connectivity index (χ4n) is 5.45. The zero-order valence-corrected chi connectivity index (χ0v) is 25.1. The highest BCUT2D eigenvalue weighted by Crippen LogP contribution is 2.33. The van der Waals surface area contributed by atoms with Crippen LogP contribution in [0.2, 0.25) is 0 Å². The number of fused-ring (bicyclic) bond motifs is 1. The number of nitrogens with zero attached hydrogens (tertiary/aromatic N) is 3. The molecule has 4 aromatic carbocycles. The van der Waals surface area contributed by atoms with Crippen molar-refractivity contribution in [2.75, 3.05) is 61.2 Å². The van der Waals surface area contributed by atoms with E-state index in [2.05, 4.69) is 49.9 Å². The second-order valence-electron chi connectivity index (χ2n) is 11.1. The summed E-state index contributed by atoms with van der Waals surface area (Å²) < 4.78 is 5.19. The van der Waals surface area contributed by atoms with E-state index in [0.717, 1.165) is 37.4 Å². The minimum absolute atomic E-state index is 0.194. The van der Waals surface area contributed by atoms with Crippen LogP contribution in [0.4, 0.5) is 33.2 Å². The van der Waals surface area contributed by atoms with Crippen molar-refractivity contribution >= 4 is 52.4 Å². The molecule has 0 spiro atoms. The van der Waals surface area contributed by atoms with Crippen LogP contribution in [0.25, 0.3) is 0 Å². The van der Waals surface area contributed by atoms with Crippen molar-refractivity contribution in [2.45, 2.75) is 5.92 Å². The summed E-state index contributed by atoms with van der Waals surface area (Å²) in [5, 5.41) is 8.40. The van der Waals surface area contributed by atoms with Crippen LogP contribution in [0.15, 0.2) is 96.0 Å². The molecule has 1 fully saturated rings. The predicted molar refractivity (Wildman–Crippen MR) is 178 cm³/mol. The lowest BCUT2D eigenvalue weighted by Crippen LogP contribution is -2.44. The molecule has 4 aromatic rings. The number of hydrogen-bond acceptors (Lipinski definition) is 7. The van der Waals surface area contributed by atoms with Crippen LogP contribution in [-0.2, 0) is 4.79 Å². The molecule has 10 heteroatoms. The smallest absolute Gasteiger partial charge is 0.323 e. The number of anilines is 4. The Morgan fingerprint density at radius 2 is 1.56 bits per heavy atom. The van der Waals surface area contributed by atoms with Gasteiger partial charge in [-0.3, -0.25) is 14.6 Å². The Bertz CT molecular complexity index is 1760. The van der Waals surface area contributed by atoms with E-state index in [-0.39, 0.29) is 11.7 Å². The molecule has 0 aliphatic carbocycles. The lowest BCUT2D eigenvalue weighted by atomic mass is 9.97. The van der Waals surface area contributed by atoms with Crippen molar-refractivity contribution in [2.24, 2.45) is 4.99 Å². The topological polar surface area (TPSA) is 115 Å². The molecule has 2 heterocycles. The van der Waals surface area contributed by atoms with Gasteiger partial charge in [0.15, 0.2) is 5.78 Å². The molecule has 2 aliphatic rings. The largest absolute Gasteiger partial charge is 0.497 e. The average Bonchev–Trinajstić information content (AvgIpc) is 3.38. The molecule has 0 radical (unpaired) electrons. The van der Waals surface area contributed by atoms with Crippen LogP contribution in [0, 0.1) is 0 Å². The van der Waals surface area contributed by atoms with E-state index in [1.165, 1.54) is 5.69 Å². The minimum Gasteiger partial charge on any atom is -0.497 e. The normalized spacial score (nSPS) is 16.3. The molecule has 6 rings (SSSR count). The first-order valence-electron chi connectivity index (χ1n) is 14.8. The summed E-state index contributed by atoms with van der Waals surface area (Å²) in [4.78, 5) is 48.1. The number of ketones is 1. The molecule has 3 N–H and O–H groups in total. The third-order valence-electron chi connectivity index (χ3n) is 7.99. The Hall–Kier alpha value is -5.48. The number of urea groups is 1. The molecule has 0 saturated carbocycles. The van der Waals surface area contributed by atoms with Crippen molar-refractivity contribution in [3.05, 3.63) is 108 Å². The average molecular weight is 603 g/mol. The van der Waals surface area contributed by atoms with Gasteiger partial charge in [-0.2, -0.15) is 0 Å². The molecule has 2 aliphatic heterocycles. The fraction of sp³-hybridized carbons (Fsp3) is 0.200. The number of piperazine rings is 1. The maximum Gasteiger partial charge on any atom is 0.323 e. The van der Waals surface area contributed by atoms with E-state index in [9.17, 15) is 14.4 Å². The lowest BCUT2D eigenvalue weighted by Gasteiger charge is -2.34. The summed E-state index contributed by atoms with van der Waals surface area (Å²) in [7, 11) is 3.69. The minimum atomic E-state index is -0.558. The Kier molecular flexibility index (Phi) is 8.56. The Balaban J connectivity index is 1.11. The number of carbonyl (C=O) groups is 3. The van der Waals surface area contributed by atoms with Gasteiger partial charge in [-0.05, 0) is 67.2 Å². The van der Waals surface area contributed by atoms with Gasteiger partial charge in [0.05, 0.1) is 12.8 Å². The quantitative estimate of drug-likeness (QED) is 0.175. The number of amides is 3. The monoisotopic (exact) mass is 602 g/mol. The first kappa shape index (κ1) is 29.6. The summed E-state index contributed by atoms with van der Waals surface area (Å²) in [5.74, 6) is -0.366. The van der Waals surface area contributed by atoms with Crippen LogP contribution >= 0.6 is 0 Å². The van der Waals surface area contributed by atoms with Crippen LogP contribution in [0.1, 0.15) is 27.4 Å². The Morgan fingerprint density at radius 3 is 2.29 bits per heavy atom. The molecule has 228 valence electrons. The molecule has 1 atom stereocenters. The van der Waals surface area contributed by atoms with Gasteiger partial charge < -0.3 is 30.5 Å². The lowest BCUT2D eigenvalue weighted by molar-refractivity contribution is -0.115. The third kappa shape index (κ3) is 6.86. The van der Waals surface area contributed by atoms with Crippen molar-refractivity contribution in [1.82, 2.24) is 4.90 Å². The maximum atomic E-state index is 13.4. The summed E-state index contributed by atoms with van der Waals surface area (Å²) in [6, 6.07) is 26.5. The van der Waals surface area contributed by atoms with E-state index in [1.807, 2.05) is 12.1 Å². The summed E-state index contributed by atoms with van der Waals surface area (Å²) >= 11 is 0. The van der Waals surface area contributed by atoms with Crippen molar-refractivity contribution in [3.8, 4) is 5.75 Å². The molecule has 1 saturated heterocycles. The van der Waals surface area contributed by atoms with E-state index in [1.54, 1.807) is 80.1 Å². The van der Waals surface area contributed by atoms with E-state index in [4.69, 9.17) is 4.74 Å². The van der Waals surface area contributed by atoms with Gasteiger partial charge in [0.25, 0.3) is 0 Å². The van der Waals surface area contributed by atoms with Gasteiger partial charge >= 0.3 is 6.03 Å². The highest BCUT2D eigenvalue weighted by molar-refractivity contribution is 6.15. The number of carbonyl (C=O) groups excluding carboxylic acids is 3. The Labute approximate surface area is 261 Å². The van der Waals surface area contributed by atoms with E-state index in [0.29, 0.717) is 33.9 Å². The highest BCUT2D eigenvalue weighted by atomic mass is 16.5. The zero-order chi connectivity index (χ0) is 31.3. The number of rotatable bonds is 8. The van der Waals surface area contributed by atoms with Gasteiger partial charge in [0, 0.05) is 72.3 Å². The third-order valence-corrected chi connectivity index (χ3v) is 7.99. The second-order valence-corrected chi connectivity index (χ2v) is 11.1. The second kappa shape index (κ2) is 13.0. The van der Waals surface area contributed by atoms with Gasteiger partial charge in [-0.15, -0.1) is 0 Å². The highest BCUT2D eigenvalue weighted by Gasteiger charge is 2.30. The summed E-state index contributed by atoms with van der Waals surface area (Å²) in [6.45, 7) is 4.06. The number of benzene rings is 4. The molecule has 1 unspecified atom stereocenters. The van der Waals surface area contributed by atoms with Crippen molar-refractivity contribution in [3.63, 3.8) is 0 Å². The molecule has 0 bridgehead atoms. The van der Waals surface area contributed by atoms with Crippen LogP contribution < -0.4 is 25.6 Å². The van der Waals surface area contributed by atoms with Gasteiger partial charge in [0.2, 0.25) is 5.91 Å². The van der Waals surface area contributed by atoms with Gasteiger partial charge in [-0.1, -0.05) is 30.3 Å². The molecule has 0 aromatic heterocycles. The van der Waals surface area contributed by atoms with E-state index < -0.39 is 11.9 Å². The fourth-order valence-corrected chi connectivity index (χ4v) is 5.45. The van der Waals surface area contributed by atoms with Gasteiger partial charge in [-0.25, -0.2) is 4.79 Å². The van der Waals surface area contributed by atoms with Crippen LogP contribution in [0.5, 0.6) is 5.75 Å². The number of methoxy groups -OCH3 is 1. The summed E-state index contributed by atoms with van der Waals surface area (Å²) in [5.41, 5.74) is 5.14. The number of ether oxygens (including phenoxy) is 1. The molecular weight excluding hydrogens is 568 g/mol. The van der Waals surface area contributed by atoms with Crippen molar-refractivity contribution < 1.29 is 19.1 Å². The molecule has 45 heavy (non-hydrogen) atoms. The summed E-state index contributed by atoms with van der Waals surface area (Å²) in [6.07, 6.45) is 1.65. The predicted octanol–water partition coefficient (Wildman–Crippen LogP) is 5.76. The van der Waals surface area contributed by atoms with E-state index >= 15 is 0 Å². The van der Waals surface area contributed by atoms with Crippen LogP contribution in [0.3, 0.4) is 0 Å². The number of likely N-dealkylation sites (N-methyl/N-ethyl adjacent to an activating group) is 1. The number of aliphatic imine (C=N–C) groups is 1.